The second kappa shape index (κ2) is 17.9. The van der Waals surface area contributed by atoms with Gasteiger partial charge in [-0.05, 0) is 6.42 Å². The van der Waals surface area contributed by atoms with Gasteiger partial charge in [0.15, 0.2) is 0 Å². The molecule has 0 aromatic heterocycles. The maximum Gasteiger partial charge on any atom is 0.397 e. The van der Waals surface area contributed by atoms with E-state index in [0.717, 1.165) is 12.8 Å². The van der Waals surface area contributed by atoms with Crippen molar-refractivity contribution >= 4 is 69.5 Å². The fourth-order valence-electron chi connectivity index (χ4n) is 1.75. The number of hydrogen-bond acceptors (Lipinski definition) is 3. The monoisotopic (exact) mass is 312 g/mol. The Hall–Kier alpha value is 1.87. The van der Waals surface area contributed by atoms with E-state index in [-0.39, 0.29) is 65.7 Å². The van der Waals surface area contributed by atoms with Gasteiger partial charge in [0.05, 0.1) is 6.61 Å². The Kier molecular flexibility index (Phi) is 24.3. The van der Waals surface area contributed by atoms with E-state index in [9.17, 15) is 8.42 Å². The molecule has 0 aliphatic heterocycles. The molecule has 0 aromatic rings. The second-order valence-electron chi connectivity index (χ2n) is 4.43. The number of unbranched alkanes of at least 4 members (excludes halogenated alkanes) is 9. The summed E-state index contributed by atoms with van der Waals surface area (Å²) in [7, 11) is -4.23. The minimum atomic E-state index is -4.23. The molecule has 0 heterocycles. The molecule has 0 saturated carbocycles. The van der Waals surface area contributed by atoms with Crippen LogP contribution >= 0.6 is 0 Å². The van der Waals surface area contributed by atoms with Gasteiger partial charge in [0.1, 0.15) is 0 Å². The van der Waals surface area contributed by atoms with Gasteiger partial charge < -0.3 is 0 Å². The summed E-state index contributed by atoms with van der Waals surface area (Å²) >= 11 is 0. The quantitative estimate of drug-likeness (QED) is 0.342. The first-order valence-electron chi connectivity index (χ1n) is 6.68. The van der Waals surface area contributed by atoms with Crippen LogP contribution < -0.4 is 0 Å². The maximum atomic E-state index is 10.2. The van der Waals surface area contributed by atoms with E-state index in [1.54, 1.807) is 0 Å². The molecule has 1 N–H and O–H groups in total. The Bertz CT molecular complexity index is 258. The van der Waals surface area contributed by atoms with Crippen molar-refractivity contribution in [3.8, 4) is 0 Å². The van der Waals surface area contributed by atoms with Crippen LogP contribution in [-0.4, -0.2) is 78.7 Å². The average Bonchev–Trinajstić information content (AvgIpc) is 2.24. The molecule has 0 amide bonds. The van der Waals surface area contributed by atoms with Crippen LogP contribution in [0.1, 0.15) is 71.1 Å². The molecule has 106 valence electrons. The summed E-state index contributed by atoms with van der Waals surface area (Å²) in [6, 6.07) is 0. The first-order valence-corrected chi connectivity index (χ1v) is 8.04. The Balaban J connectivity index is -0.00000128. The van der Waals surface area contributed by atoms with Crippen LogP contribution in [0.4, 0.5) is 0 Å². The third-order valence-electron chi connectivity index (χ3n) is 2.73. The normalized spacial score (nSPS) is 10.6. The van der Waals surface area contributed by atoms with Crippen LogP contribution in [0.2, 0.25) is 0 Å². The van der Waals surface area contributed by atoms with Crippen LogP contribution in [0.3, 0.4) is 0 Å². The van der Waals surface area contributed by atoms with E-state index in [2.05, 4.69) is 11.1 Å². The smallest absolute Gasteiger partial charge is 0.264 e. The molecule has 0 aliphatic rings. The summed E-state index contributed by atoms with van der Waals surface area (Å²) in [6.07, 6.45) is 11.9. The van der Waals surface area contributed by atoms with E-state index >= 15 is 0 Å². The van der Waals surface area contributed by atoms with Gasteiger partial charge in [-0.25, -0.2) is 4.18 Å². The molecule has 0 atom stereocenters. The SMILES string of the molecule is CCCCCCCCCCCCOS(=O)(=O)O.[Na].[Na]. The summed E-state index contributed by atoms with van der Waals surface area (Å²) in [5.41, 5.74) is 0. The summed E-state index contributed by atoms with van der Waals surface area (Å²) < 4.78 is 33.0. The Morgan fingerprint density at radius 2 is 1.16 bits per heavy atom. The molecule has 19 heavy (non-hydrogen) atoms. The first-order chi connectivity index (χ1) is 8.06. The van der Waals surface area contributed by atoms with Gasteiger partial charge in [-0.3, -0.25) is 4.55 Å². The third-order valence-corrected chi connectivity index (χ3v) is 3.19. The molecule has 0 bridgehead atoms. The van der Waals surface area contributed by atoms with E-state index in [0.29, 0.717) is 6.42 Å². The van der Waals surface area contributed by atoms with Crippen molar-refractivity contribution in [1.82, 2.24) is 0 Å². The van der Waals surface area contributed by atoms with Crippen LogP contribution in [0.15, 0.2) is 0 Å². The molecule has 0 spiro atoms. The average molecular weight is 312 g/mol. The van der Waals surface area contributed by atoms with Gasteiger partial charge >= 0.3 is 10.4 Å². The Morgan fingerprint density at radius 3 is 1.53 bits per heavy atom. The van der Waals surface area contributed by atoms with Crippen molar-refractivity contribution in [2.24, 2.45) is 0 Å². The third kappa shape index (κ3) is 25.2. The van der Waals surface area contributed by atoms with Gasteiger partial charge in [-0.2, -0.15) is 8.42 Å². The molecule has 0 rings (SSSR count). The van der Waals surface area contributed by atoms with Crippen LogP contribution in [-0.2, 0) is 14.6 Å². The topological polar surface area (TPSA) is 63.6 Å². The molecular formula is C12H26Na2O4S. The number of hydrogen-bond donors (Lipinski definition) is 1. The van der Waals surface area contributed by atoms with E-state index in [1.807, 2.05) is 0 Å². The number of rotatable bonds is 12. The zero-order chi connectivity index (χ0) is 13.0. The predicted molar refractivity (Wildman–Crippen MR) is 80.9 cm³/mol. The molecule has 0 aromatic carbocycles. The Morgan fingerprint density at radius 1 is 0.789 bits per heavy atom. The van der Waals surface area contributed by atoms with Gasteiger partial charge in [0, 0.05) is 59.1 Å². The molecule has 0 aliphatic carbocycles. The maximum absolute atomic E-state index is 10.2. The van der Waals surface area contributed by atoms with Crippen LogP contribution in [0.5, 0.6) is 0 Å². The molecule has 2 radical (unpaired) electrons. The minimum Gasteiger partial charge on any atom is -0.264 e. The largest absolute Gasteiger partial charge is 0.397 e. The fraction of sp³-hybridized carbons (Fsp3) is 1.00. The predicted octanol–water partition coefficient (Wildman–Crippen LogP) is 2.97. The van der Waals surface area contributed by atoms with E-state index < -0.39 is 10.4 Å². The van der Waals surface area contributed by atoms with Crippen molar-refractivity contribution in [1.29, 1.82) is 0 Å². The zero-order valence-electron chi connectivity index (χ0n) is 12.9. The summed E-state index contributed by atoms with van der Waals surface area (Å²) in [4.78, 5) is 0. The van der Waals surface area contributed by atoms with Crippen molar-refractivity contribution in [3.05, 3.63) is 0 Å². The minimum absolute atomic E-state index is 0. The van der Waals surface area contributed by atoms with Gasteiger partial charge in [-0.15, -0.1) is 0 Å². The Labute approximate surface area is 163 Å². The second-order valence-corrected chi connectivity index (χ2v) is 5.52. The van der Waals surface area contributed by atoms with Crippen molar-refractivity contribution < 1.29 is 17.2 Å². The molecular weight excluding hydrogens is 286 g/mol. The van der Waals surface area contributed by atoms with Crippen molar-refractivity contribution in [2.75, 3.05) is 6.61 Å². The van der Waals surface area contributed by atoms with Crippen LogP contribution in [0.25, 0.3) is 0 Å². The standard InChI is InChI=1S/C12H26O4S.2Na/c1-2-3-4-5-6-7-8-9-10-11-12-16-17(13,14)15;;/h2-12H2,1H3,(H,13,14,15);;. The molecule has 0 fully saturated rings. The van der Waals surface area contributed by atoms with Crippen molar-refractivity contribution in [2.45, 2.75) is 71.1 Å². The molecule has 7 heteroatoms. The van der Waals surface area contributed by atoms with Crippen molar-refractivity contribution in [3.63, 3.8) is 0 Å². The molecule has 4 nitrogen and oxygen atoms in total. The zero-order valence-corrected chi connectivity index (χ0v) is 17.7. The summed E-state index contributed by atoms with van der Waals surface area (Å²) in [5.74, 6) is 0. The van der Waals surface area contributed by atoms with Gasteiger partial charge in [0.25, 0.3) is 0 Å². The van der Waals surface area contributed by atoms with Gasteiger partial charge in [0.2, 0.25) is 0 Å². The fourth-order valence-corrected chi connectivity index (χ4v) is 2.08. The van der Waals surface area contributed by atoms with E-state index in [4.69, 9.17) is 4.55 Å². The first kappa shape index (κ1) is 25.8. The summed E-state index contributed by atoms with van der Waals surface area (Å²) in [5, 5.41) is 0. The summed E-state index contributed by atoms with van der Waals surface area (Å²) in [6.45, 7) is 2.31. The van der Waals surface area contributed by atoms with Crippen LogP contribution in [0, 0.1) is 0 Å². The van der Waals surface area contributed by atoms with E-state index in [1.165, 1.54) is 44.9 Å². The van der Waals surface area contributed by atoms with Gasteiger partial charge in [-0.1, -0.05) is 64.7 Å². The molecule has 0 unspecified atom stereocenters. The molecule has 0 saturated heterocycles.